The largest absolute Gasteiger partial charge is 0.506 e. The number of rotatable bonds is 2. The van der Waals surface area contributed by atoms with Gasteiger partial charge in [-0.25, -0.2) is 0 Å². The molecule has 1 aliphatic heterocycles. The molecular formula is C14H19Cl2NO. The van der Waals surface area contributed by atoms with E-state index in [4.69, 9.17) is 23.2 Å². The minimum atomic E-state index is 0.165. The molecule has 18 heavy (non-hydrogen) atoms. The minimum absolute atomic E-state index is 0.165. The molecule has 0 aliphatic carbocycles. The van der Waals surface area contributed by atoms with E-state index < -0.39 is 0 Å². The molecule has 2 rings (SSSR count). The molecule has 2 nitrogen and oxygen atoms in total. The molecule has 1 unspecified atom stereocenters. The van der Waals surface area contributed by atoms with Gasteiger partial charge in [0.2, 0.25) is 0 Å². The Kier molecular flexibility index (Phi) is 4.77. The number of phenolic OH excluding ortho intramolecular Hbond substituents is 1. The lowest BCUT2D eigenvalue weighted by molar-refractivity contribution is 0.269. The quantitative estimate of drug-likeness (QED) is 0.876. The van der Waals surface area contributed by atoms with Crippen LogP contribution in [0.15, 0.2) is 12.1 Å². The fourth-order valence-corrected chi connectivity index (χ4v) is 3.00. The third-order valence-electron chi connectivity index (χ3n) is 3.61. The SMILES string of the molecule is CC1CCCN(Cc2cc(Cl)cc(Cl)c2O)CC1. The summed E-state index contributed by atoms with van der Waals surface area (Å²) in [6.45, 7) is 5.18. The van der Waals surface area contributed by atoms with Crippen molar-refractivity contribution in [3.8, 4) is 5.75 Å². The van der Waals surface area contributed by atoms with E-state index in [0.29, 0.717) is 10.0 Å². The number of likely N-dealkylation sites (tertiary alicyclic amines) is 1. The van der Waals surface area contributed by atoms with Crippen LogP contribution in [0, 0.1) is 5.92 Å². The number of halogens is 2. The minimum Gasteiger partial charge on any atom is -0.506 e. The molecule has 1 aromatic carbocycles. The molecule has 1 aliphatic rings. The van der Waals surface area contributed by atoms with Crippen molar-refractivity contribution in [1.82, 2.24) is 4.90 Å². The average Bonchev–Trinajstić information content (AvgIpc) is 2.51. The maximum atomic E-state index is 9.96. The summed E-state index contributed by atoms with van der Waals surface area (Å²) < 4.78 is 0. The molecular weight excluding hydrogens is 269 g/mol. The zero-order valence-electron chi connectivity index (χ0n) is 10.6. The summed E-state index contributed by atoms with van der Waals surface area (Å²) in [5.41, 5.74) is 0.821. The van der Waals surface area contributed by atoms with Gasteiger partial charge in [-0.1, -0.05) is 30.1 Å². The Morgan fingerprint density at radius 2 is 2.06 bits per heavy atom. The van der Waals surface area contributed by atoms with Crippen LogP contribution >= 0.6 is 23.2 Å². The average molecular weight is 288 g/mol. The van der Waals surface area contributed by atoms with Gasteiger partial charge in [0.15, 0.2) is 0 Å². The maximum absolute atomic E-state index is 9.96. The Hall–Kier alpha value is -0.440. The van der Waals surface area contributed by atoms with E-state index in [0.717, 1.165) is 31.1 Å². The lowest BCUT2D eigenvalue weighted by atomic mass is 10.0. The summed E-state index contributed by atoms with van der Waals surface area (Å²) in [6.07, 6.45) is 3.73. The number of aromatic hydroxyl groups is 1. The van der Waals surface area contributed by atoms with Gasteiger partial charge in [0.1, 0.15) is 5.75 Å². The summed E-state index contributed by atoms with van der Waals surface area (Å²) in [5, 5.41) is 10.9. The molecule has 4 heteroatoms. The molecule has 1 heterocycles. The van der Waals surface area contributed by atoms with E-state index in [1.54, 1.807) is 12.1 Å². The normalized spacial score (nSPS) is 21.8. The van der Waals surface area contributed by atoms with E-state index in [2.05, 4.69) is 11.8 Å². The summed E-state index contributed by atoms with van der Waals surface area (Å²) in [7, 11) is 0. The van der Waals surface area contributed by atoms with Crippen molar-refractivity contribution >= 4 is 23.2 Å². The second kappa shape index (κ2) is 6.14. The van der Waals surface area contributed by atoms with Crippen LogP contribution in [0.2, 0.25) is 10.0 Å². The van der Waals surface area contributed by atoms with Crippen LogP contribution in [0.1, 0.15) is 31.7 Å². The van der Waals surface area contributed by atoms with Crippen molar-refractivity contribution in [2.45, 2.75) is 32.7 Å². The van der Waals surface area contributed by atoms with Crippen LogP contribution in [0.5, 0.6) is 5.75 Å². The van der Waals surface area contributed by atoms with Crippen molar-refractivity contribution in [3.63, 3.8) is 0 Å². The zero-order valence-corrected chi connectivity index (χ0v) is 12.1. The second-order valence-corrected chi connectivity index (χ2v) is 6.05. The van der Waals surface area contributed by atoms with Gasteiger partial charge in [0, 0.05) is 17.1 Å². The van der Waals surface area contributed by atoms with Crippen molar-refractivity contribution < 1.29 is 5.11 Å². The highest BCUT2D eigenvalue weighted by atomic mass is 35.5. The summed E-state index contributed by atoms with van der Waals surface area (Å²) in [4.78, 5) is 2.37. The van der Waals surface area contributed by atoms with E-state index in [1.165, 1.54) is 19.3 Å². The van der Waals surface area contributed by atoms with Crippen LogP contribution in [0.4, 0.5) is 0 Å². The molecule has 0 saturated carbocycles. The monoisotopic (exact) mass is 287 g/mol. The lowest BCUT2D eigenvalue weighted by Gasteiger charge is -2.21. The Morgan fingerprint density at radius 1 is 1.28 bits per heavy atom. The summed E-state index contributed by atoms with van der Waals surface area (Å²) >= 11 is 11.9. The predicted octanol–water partition coefficient (Wildman–Crippen LogP) is 4.32. The number of hydrogen-bond donors (Lipinski definition) is 1. The topological polar surface area (TPSA) is 23.5 Å². The first-order chi connectivity index (χ1) is 8.56. The molecule has 0 amide bonds. The van der Waals surface area contributed by atoms with Gasteiger partial charge in [0.05, 0.1) is 5.02 Å². The Labute approximate surface area is 119 Å². The van der Waals surface area contributed by atoms with Crippen molar-refractivity contribution in [2.24, 2.45) is 5.92 Å². The van der Waals surface area contributed by atoms with Gasteiger partial charge in [-0.2, -0.15) is 0 Å². The van der Waals surface area contributed by atoms with Crippen LogP contribution in [0.3, 0.4) is 0 Å². The molecule has 0 radical (unpaired) electrons. The fourth-order valence-electron chi connectivity index (χ4n) is 2.46. The van der Waals surface area contributed by atoms with Gasteiger partial charge < -0.3 is 5.11 Å². The van der Waals surface area contributed by atoms with Crippen molar-refractivity contribution in [1.29, 1.82) is 0 Å². The first-order valence-electron chi connectivity index (χ1n) is 6.45. The van der Waals surface area contributed by atoms with Gasteiger partial charge in [-0.15, -0.1) is 0 Å². The highest BCUT2D eigenvalue weighted by Gasteiger charge is 2.16. The van der Waals surface area contributed by atoms with Crippen LogP contribution in [-0.4, -0.2) is 23.1 Å². The standard InChI is InChI=1S/C14H19Cl2NO/c1-10-3-2-5-17(6-4-10)9-11-7-12(15)8-13(16)14(11)18/h7-8,10,18H,2-6,9H2,1H3. The van der Waals surface area contributed by atoms with Gasteiger partial charge in [0.25, 0.3) is 0 Å². The van der Waals surface area contributed by atoms with Crippen molar-refractivity contribution in [2.75, 3.05) is 13.1 Å². The summed E-state index contributed by atoms with van der Waals surface area (Å²) in [5.74, 6) is 0.963. The second-order valence-electron chi connectivity index (χ2n) is 5.21. The van der Waals surface area contributed by atoms with Gasteiger partial charge in [-0.05, 0) is 50.4 Å². The Bertz CT molecular complexity index is 423. The molecule has 1 aromatic rings. The summed E-state index contributed by atoms with van der Waals surface area (Å²) in [6, 6.07) is 3.38. The lowest BCUT2D eigenvalue weighted by Crippen LogP contribution is -2.24. The fraction of sp³-hybridized carbons (Fsp3) is 0.571. The van der Waals surface area contributed by atoms with Gasteiger partial charge >= 0.3 is 0 Å². The molecule has 1 fully saturated rings. The van der Waals surface area contributed by atoms with E-state index in [9.17, 15) is 5.11 Å². The third kappa shape index (κ3) is 3.53. The highest BCUT2D eigenvalue weighted by Crippen LogP contribution is 2.32. The first kappa shape index (κ1) is 14.0. The molecule has 100 valence electrons. The Balaban J connectivity index is 2.09. The van der Waals surface area contributed by atoms with Crippen LogP contribution in [-0.2, 0) is 6.54 Å². The molecule has 1 N–H and O–H groups in total. The first-order valence-corrected chi connectivity index (χ1v) is 7.21. The molecule has 0 bridgehead atoms. The third-order valence-corrected chi connectivity index (χ3v) is 4.12. The maximum Gasteiger partial charge on any atom is 0.138 e. The van der Waals surface area contributed by atoms with Crippen LogP contribution in [0.25, 0.3) is 0 Å². The molecule has 1 saturated heterocycles. The predicted molar refractivity (Wildman–Crippen MR) is 76.4 cm³/mol. The molecule has 0 spiro atoms. The molecule has 1 atom stereocenters. The molecule has 0 aromatic heterocycles. The number of benzene rings is 1. The highest BCUT2D eigenvalue weighted by molar-refractivity contribution is 6.35. The number of nitrogens with zero attached hydrogens (tertiary/aromatic N) is 1. The van der Waals surface area contributed by atoms with Gasteiger partial charge in [-0.3, -0.25) is 4.90 Å². The van der Waals surface area contributed by atoms with E-state index in [1.807, 2.05) is 0 Å². The Morgan fingerprint density at radius 3 is 2.83 bits per heavy atom. The van der Waals surface area contributed by atoms with Crippen molar-refractivity contribution in [3.05, 3.63) is 27.7 Å². The smallest absolute Gasteiger partial charge is 0.138 e. The van der Waals surface area contributed by atoms with E-state index in [-0.39, 0.29) is 5.75 Å². The number of hydrogen-bond acceptors (Lipinski definition) is 2. The van der Waals surface area contributed by atoms with Crippen LogP contribution < -0.4 is 0 Å². The zero-order chi connectivity index (χ0) is 13.1. The van der Waals surface area contributed by atoms with E-state index >= 15 is 0 Å². The number of phenols is 1.